The number of nitrogens with zero attached hydrogens (tertiary/aromatic N) is 3. The summed E-state index contributed by atoms with van der Waals surface area (Å²) in [7, 11) is -16.8. The number of aryl methyl sites for hydroxylation is 1. The highest BCUT2D eigenvalue weighted by molar-refractivity contribution is 7.66. The zero-order valence-electron chi connectivity index (χ0n) is 17.3. The molecule has 0 saturated carbocycles. The van der Waals surface area contributed by atoms with Gasteiger partial charge in [0.15, 0.2) is 16.8 Å². The molecule has 0 radical (unpaired) electrons. The lowest BCUT2D eigenvalue weighted by Crippen LogP contribution is -2.33. The molecule has 17 nitrogen and oxygen atoms in total. The van der Waals surface area contributed by atoms with Crippen molar-refractivity contribution in [3.63, 3.8) is 0 Å². The van der Waals surface area contributed by atoms with Crippen LogP contribution in [0.1, 0.15) is 12.8 Å². The quantitative estimate of drug-likeness (QED) is 0.164. The van der Waals surface area contributed by atoms with E-state index in [4.69, 9.17) is 26.7 Å². The molecule has 5 atom stereocenters. The number of nitrogen functional groups attached to an aromatic ring is 1. The number of ether oxygens (including phenoxy) is 1. The number of phosphoric acid groups is 3. The number of fused-ring (bicyclic) bond motifs is 1. The summed E-state index contributed by atoms with van der Waals surface area (Å²) in [6.45, 7) is -0.931. The Morgan fingerprint density at radius 1 is 1.31 bits per heavy atom. The van der Waals surface area contributed by atoms with Gasteiger partial charge in [-0.25, -0.2) is 23.1 Å². The van der Waals surface area contributed by atoms with Gasteiger partial charge in [-0.05, 0) is 6.42 Å². The highest BCUT2D eigenvalue weighted by atomic mass is 31.3. The van der Waals surface area contributed by atoms with Crippen molar-refractivity contribution in [1.82, 2.24) is 19.5 Å². The minimum absolute atomic E-state index is 0.0114. The predicted molar refractivity (Wildman–Crippen MR) is 113 cm³/mol. The molecular weight excluding hydrogens is 542 g/mol. The number of anilines is 1. The number of terminal acetylenes is 1. The van der Waals surface area contributed by atoms with Gasteiger partial charge >= 0.3 is 23.5 Å². The van der Waals surface area contributed by atoms with Gasteiger partial charge in [-0.1, -0.05) is 5.92 Å². The zero-order chi connectivity index (χ0) is 26.2. The fraction of sp³-hybridized carbons (Fsp3) is 0.500. The van der Waals surface area contributed by atoms with Crippen molar-refractivity contribution in [3.8, 4) is 12.3 Å². The largest absolute Gasteiger partial charge is 0.490 e. The molecule has 3 rings (SSSR count). The van der Waals surface area contributed by atoms with E-state index in [0.717, 1.165) is 0 Å². The summed E-state index contributed by atoms with van der Waals surface area (Å²) in [6, 6.07) is 0. The highest BCUT2D eigenvalue weighted by Crippen LogP contribution is 2.66. The number of H-pyrrole nitrogens is 1. The second-order valence-corrected chi connectivity index (χ2v) is 11.6. The summed E-state index contributed by atoms with van der Waals surface area (Å²) in [5.74, 6) is 1.94. The van der Waals surface area contributed by atoms with E-state index in [1.807, 2.05) is 0 Å². The Balaban J connectivity index is 1.64. The van der Waals surface area contributed by atoms with Crippen molar-refractivity contribution in [2.45, 2.75) is 37.3 Å². The van der Waals surface area contributed by atoms with Crippen molar-refractivity contribution < 1.29 is 55.5 Å². The highest BCUT2D eigenvalue weighted by Gasteiger charge is 2.48. The van der Waals surface area contributed by atoms with Crippen LogP contribution >= 0.6 is 23.5 Å². The molecule has 7 N–H and O–H groups in total. The fourth-order valence-electron chi connectivity index (χ4n) is 3.22. The first kappa shape index (κ1) is 27.6. The van der Waals surface area contributed by atoms with Gasteiger partial charge in [0.25, 0.3) is 5.56 Å². The minimum Gasteiger partial charge on any atom is -0.369 e. The molecule has 0 aliphatic carbocycles. The number of halogens is 1. The first-order valence-electron chi connectivity index (χ1n) is 9.32. The Bertz CT molecular complexity index is 1350. The van der Waals surface area contributed by atoms with Crippen molar-refractivity contribution in [2.24, 2.45) is 0 Å². The predicted octanol–water partition coefficient (Wildman–Crippen LogP) is -0.0658. The third-order valence-corrected chi connectivity index (χ3v) is 8.38. The molecule has 1 aliphatic heterocycles. The topological polar surface area (TPSA) is 259 Å². The molecular formula is C14H19FN5O12P3. The number of nitrogens with two attached hydrogens (primary N) is 1. The van der Waals surface area contributed by atoms with Gasteiger partial charge in [-0.2, -0.15) is 13.6 Å². The molecule has 2 unspecified atom stereocenters. The van der Waals surface area contributed by atoms with Crippen molar-refractivity contribution in [2.75, 3.05) is 12.3 Å². The van der Waals surface area contributed by atoms with Crippen molar-refractivity contribution in [1.29, 1.82) is 0 Å². The molecule has 0 aromatic carbocycles. The number of imidazole rings is 1. The number of phosphoric ester groups is 1. The van der Waals surface area contributed by atoms with Gasteiger partial charge in [0, 0.05) is 13.0 Å². The van der Waals surface area contributed by atoms with Gasteiger partial charge in [-0.3, -0.25) is 14.3 Å². The molecule has 0 bridgehead atoms. The summed E-state index contributed by atoms with van der Waals surface area (Å²) >= 11 is 0. The lowest BCUT2D eigenvalue weighted by molar-refractivity contribution is -0.0428. The summed E-state index contributed by atoms with van der Waals surface area (Å²) < 4.78 is 67.3. The Morgan fingerprint density at radius 2 is 2.00 bits per heavy atom. The lowest BCUT2D eigenvalue weighted by atomic mass is 10.0. The van der Waals surface area contributed by atoms with E-state index in [9.17, 15) is 32.7 Å². The maximum atomic E-state index is 14.7. The monoisotopic (exact) mass is 561 g/mol. The van der Waals surface area contributed by atoms with Gasteiger partial charge in [0.05, 0.1) is 19.0 Å². The fourth-order valence-corrected chi connectivity index (χ4v) is 6.28. The van der Waals surface area contributed by atoms with Crippen molar-refractivity contribution in [3.05, 3.63) is 16.7 Å². The number of alkyl halides is 1. The average molecular weight is 561 g/mol. The van der Waals surface area contributed by atoms with Crippen LogP contribution in [0, 0.1) is 12.3 Å². The van der Waals surface area contributed by atoms with Crippen molar-refractivity contribution >= 4 is 40.6 Å². The van der Waals surface area contributed by atoms with Crippen LogP contribution in [0.5, 0.6) is 0 Å². The molecule has 1 aliphatic rings. The third-order valence-electron chi connectivity index (χ3n) is 4.59. The SMILES string of the molecule is C#C[C@@]1(COP(=O)(O)OP(=O)(O)OP(=O)(O)O)C[C@@H](F)[C@H](CCn2cnc3c(=O)[nH]c(N)nc32)O1. The van der Waals surface area contributed by atoms with Crippen LogP contribution < -0.4 is 11.3 Å². The number of hydrogen-bond donors (Lipinski definition) is 6. The second kappa shape index (κ2) is 9.81. The zero-order valence-corrected chi connectivity index (χ0v) is 20.0. The molecule has 194 valence electrons. The van der Waals surface area contributed by atoms with Gasteiger partial charge in [-0.15, -0.1) is 6.42 Å². The van der Waals surface area contributed by atoms with E-state index >= 15 is 0 Å². The van der Waals surface area contributed by atoms with Crippen LogP contribution in [0.25, 0.3) is 11.2 Å². The molecule has 21 heteroatoms. The van der Waals surface area contributed by atoms with E-state index in [1.54, 1.807) is 0 Å². The smallest absolute Gasteiger partial charge is 0.369 e. The van der Waals surface area contributed by atoms with Crippen LogP contribution in [0.15, 0.2) is 11.1 Å². The second-order valence-electron chi connectivity index (χ2n) is 7.23. The first-order chi connectivity index (χ1) is 16.0. The Kier molecular flexibility index (Phi) is 7.74. The summed E-state index contributed by atoms with van der Waals surface area (Å²) in [5, 5.41) is 0. The summed E-state index contributed by atoms with van der Waals surface area (Å²) in [5.41, 5.74) is 3.22. The molecule has 2 aromatic heterocycles. The number of hydrogen-bond acceptors (Lipinski definition) is 11. The Hall–Kier alpha value is -1.99. The van der Waals surface area contributed by atoms with E-state index < -0.39 is 59.9 Å². The number of nitrogens with one attached hydrogen (secondary N) is 1. The first-order valence-corrected chi connectivity index (χ1v) is 13.8. The normalized spacial score (nSPS) is 26.3. The molecule has 35 heavy (non-hydrogen) atoms. The maximum Gasteiger partial charge on any atom is 0.490 e. The maximum absolute atomic E-state index is 14.7. The van der Waals surface area contributed by atoms with Crippen LogP contribution in [0.4, 0.5) is 10.3 Å². The third kappa shape index (κ3) is 7.04. The lowest BCUT2D eigenvalue weighted by Gasteiger charge is -2.24. The van der Waals surface area contributed by atoms with E-state index in [2.05, 4.69) is 34.0 Å². The summed E-state index contributed by atoms with van der Waals surface area (Å²) in [6.07, 6.45) is 3.34. The van der Waals surface area contributed by atoms with Crippen LogP contribution in [0.2, 0.25) is 0 Å². The van der Waals surface area contributed by atoms with E-state index in [1.165, 1.54) is 10.9 Å². The molecule has 3 heterocycles. The van der Waals surface area contributed by atoms with Gasteiger partial charge < -0.3 is 34.6 Å². The van der Waals surface area contributed by atoms with E-state index in [0.29, 0.717) is 0 Å². The van der Waals surface area contributed by atoms with Gasteiger partial charge in [0.1, 0.15) is 6.17 Å². The molecule has 0 amide bonds. The molecule has 2 aromatic rings. The van der Waals surface area contributed by atoms with E-state index in [-0.39, 0.29) is 30.1 Å². The molecule has 0 spiro atoms. The standard InChI is InChI=1S/C14H19FN5O12P3/c1-2-14(6-29-34(25,26)32-35(27,28)31-33(22,23)24)5-8(15)9(30-14)3-4-20-7-17-10-11(20)18-13(16)19-12(10)21/h1,7-9H,3-6H2,(H,25,26)(H,27,28)(H2,22,23,24)(H3,16,18,19,21)/t8-,9+,14+/m1/s1. The minimum atomic E-state index is -5.73. The van der Waals surface area contributed by atoms with Crippen LogP contribution in [-0.4, -0.2) is 63.6 Å². The Labute approximate surface area is 194 Å². The van der Waals surface area contributed by atoms with Gasteiger partial charge in [0.2, 0.25) is 5.95 Å². The van der Waals surface area contributed by atoms with Crippen LogP contribution in [-0.2, 0) is 38.1 Å². The average Bonchev–Trinajstić information content (AvgIpc) is 3.23. The molecule has 1 saturated heterocycles. The van der Waals surface area contributed by atoms with Crippen LogP contribution in [0.3, 0.4) is 0 Å². The molecule has 1 fully saturated rings. The Morgan fingerprint density at radius 3 is 2.63 bits per heavy atom. The number of aromatic amines is 1. The number of aromatic nitrogens is 4. The summed E-state index contributed by atoms with van der Waals surface area (Å²) in [4.78, 5) is 57.9. The number of rotatable bonds is 10.